The Morgan fingerprint density at radius 1 is 1.14 bits per heavy atom. The van der Waals surface area contributed by atoms with Crippen molar-refractivity contribution < 1.29 is 0 Å². The van der Waals surface area contributed by atoms with E-state index in [2.05, 4.69) is 27.8 Å². The first kappa shape index (κ1) is 14.6. The number of rotatable bonds is 4. The number of pyridine rings is 1. The third kappa shape index (κ3) is 3.07. The van der Waals surface area contributed by atoms with Crippen molar-refractivity contribution in [2.24, 2.45) is 11.8 Å². The van der Waals surface area contributed by atoms with Crippen LogP contribution < -0.4 is 0 Å². The minimum absolute atomic E-state index is 0.795. The van der Waals surface area contributed by atoms with Crippen molar-refractivity contribution in [3.05, 3.63) is 29.6 Å². The maximum atomic E-state index is 4.61. The summed E-state index contributed by atoms with van der Waals surface area (Å²) in [6.07, 6.45) is 9.21. The van der Waals surface area contributed by atoms with Crippen LogP contribution in [0.1, 0.15) is 43.4 Å². The van der Waals surface area contributed by atoms with E-state index in [1.807, 2.05) is 12.3 Å². The molecule has 0 N–H and O–H groups in total. The molecule has 4 aliphatic rings. The molecule has 0 amide bonds. The lowest BCUT2D eigenvalue weighted by Crippen LogP contribution is -2.46. The zero-order valence-corrected chi connectivity index (χ0v) is 13.9. The van der Waals surface area contributed by atoms with Crippen LogP contribution >= 0.6 is 0 Å². The number of aryl methyl sites for hydroxylation is 1. The number of hydrogen-bond donors (Lipinski definition) is 0. The molecule has 3 aliphatic heterocycles. The molecule has 2 bridgehead atoms. The smallest absolute Gasteiger partial charge is 0.0573 e. The zero-order chi connectivity index (χ0) is 14.9. The molecule has 4 fully saturated rings. The van der Waals surface area contributed by atoms with Gasteiger partial charge in [-0.1, -0.05) is 12.5 Å². The van der Waals surface area contributed by atoms with Gasteiger partial charge in [0, 0.05) is 45.0 Å². The van der Waals surface area contributed by atoms with E-state index in [0.717, 1.165) is 24.4 Å². The van der Waals surface area contributed by atoms with E-state index in [4.69, 9.17) is 0 Å². The fourth-order valence-electron chi connectivity index (χ4n) is 4.53. The van der Waals surface area contributed by atoms with E-state index in [-0.39, 0.29) is 0 Å². The molecule has 22 heavy (non-hydrogen) atoms. The van der Waals surface area contributed by atoms with E-state index in [1.54, 1.807) is 0 Å². The largest absolute Gasteiger partial charge is 0.299 e. The van der Waals surface area contributed by atoms with Gasteiger partial charge in [0.05, 0.1) is 5.69 Å². The molecule has 0 unspecified atom stereocenters. The van der Waals surface area contributed by atoms with Crippen LogP contribution in [0.2, 0.25) is 0 Å². The van der Waals surface area contributed by atoms with Gasteiger partial charge in [-0.25, -0.2) is 0 Å². The second-order valence-electron chi connectivity index (χ2n) is 7.81. The minimum atomic E-state index is 0.795. The maximum Gasteiger partial charge on any atom is 0.0573 e. The lowest BCUT2D eigenvalue weighted by atomic mass is 9.83. The predicted molar refractivity (Wildman–Crippen MR) is 89.7 cm³/mol. The van der Waals surface area contributed by atoms with Crippen molar-refractivity contribution in [3.63, 3.8) is 0 Å². The van der Waals surface area contributed by atoms with Gasteiger partial charge in [-0.3, -0.25) is 14.8 Å². The molecule has 1 aromatic rings. The molecule has 0 aromatic carbocycles. The van der Waals surface area contributed by atoms with Crippen molar-refractivity contribution in [1.82, 2.24) is 14.8 Å². The first-order valence-electron chi connectivity index (χ1n) is 9.15. The van der Waals surface area contributed by atoms with Crippen LogP contribution in [-0.2, 0) is 6.54 Å². The Morgan fingerprint density at radius 3 is 2.82 bits per heavy atom. The van der Waals surface area contributed by atoms with E-state index in [0.29, 0.717) is 0 Å². The SMILES string of the molecule is Cc1cccnc1CN1C[C@@H]2CC[C@H](C1)N(CC1CCC1)C2. The molecular formula is C19H29N3. The van der Waals surface area contributed by atoms with Gasteiger partial charge in [-0.15, -0.1) is 0 Å². The van der Waals surface area contributed by atoms with Gasteiger partial charge in [-0.05, 0) is 56.1 Å². The fourth-order valence-corrected chi connectivity index (χ4v) is 4.53. The number of piperidine rings is 1. The molecule has 0 spiro atoms. The summed E-state index contributed by atoms with van der Waals surface area (Å²) in [6, 6.07) is 5.03. The van der Waals surface area contributed by atoms with Gasteiger partial charge in [0.15, 0.2) is 0 Å². The summed E-state index contributed by atoms with van der Waals surface area (Å²) in [5.41, 5.74) is 2.61. The molecule has 4 heterocycles. The molecule has 1 aromatic heterocycles. The molecular weight excluding hydrogens is 270 g/mol. The third-order valence-corrected chi connectivity index (χ3v) is 6.11. The highest BCUT2D eigenvalue weighted by atomic mass is 15.3. The lowest BCUT2D eigenvalue weighted by molar-refractivity contribution is 0.0890. The first-order valence-corrected chi connectivity index (χ1v) is 9.15. The quantitative estimate of drug-likeness (QED) is 0.852. The molecule has 120 valence electrons. The van der Waals surface area contributed by atoms with E-state index < -0.39 is 0 Å². The first-order chi connectivity index (χ1) is 10.8. The Hall–Kier alpha value is -0.930. The van der Waals surface area contributed by atoms with Gasteiger partial charge >= 0.3 is 0 Å². The van der Waals surface area contributed by atoms with Crippen LogP contribution in [-0.4, -0.2) is 47.0 Å². The molecule has 3 saturated heterocycles. The normalized spacial score (nSPS) is 30.2. The molecule has 3 heteroatoms. The van der Waals surface area contributed by atoms with E-state index >= 15 is 0 Å². The molecule has 1 aliphatic carbocycles. The second kappa shape index (κ2) is 6.29. The van der Waals surface area contributed by atoms with Crippen molar-refractivity contribution in [1.29, 1.82) is 0 Å². The highest BCUT2D eigenvalue weighted by molar-refractivity contribution is 5.17. The Morgan fingerprint density at radius 2 is 2.05 bits per heavy atom. The van der Waals surface area contributed by atoms with Crippen LogP contribution in [0.25, 0.3) is 0 Å². The summed E-state index contributed by atoms with van der Waals surface area (Å²) >= 11 is 0. The Bertz CT molecular complexity index is 511. The summed E-state index contributed by atoms with van der Waals surface area (Å²) in [7, 11) is 0. The number of fused-ring (bicyclic) bond motifs is 4. The highest BCUT2D eigenvalue weighted by Gasteiger charge is 2.36. The summed E-state index contributed by atoms with van der Waals surface area (Å²) in [5, 5.41) is 0. The minimum Gasteiger partial charge on any atom is -0.299 e. The van der Waals surface area contributed by atoms with Crippen molar-refractivity contribution in [2.45, 2.75) is 51.6 Å². The van der Waals surface area contributed by atoms with Gasteiger partial charge in [0.25, 0.3) is 0 Å². The number of aromatic nitrogens is 1. The lowest BCUT2D eigenvalue weighted by Gasteiger charge is -2.40. The van der Waals surface area contributed by atoms with Gasteiger partial charge in [0.2, 0.25) is 0 Å². The van der Waals surface area contributed by atoms with Crippen LogP contribution in [0, 0.1) is 18.8 Å². The van der Waals surface area contributed by atoms with Crippen LogP contribution in [0.15, 0.2) is 18.3 Å². The third-order valence-electron chi connectivity index (χ3n) is 6.11. The summed E-state index contributed by atoms with van der Waals surface area (Å²) < 4.78 is 0. The zero-order valence-electron chi connectivity index (χ0n) is 13.9. The molecule has 5 rings (SSSR count). The Kier molecular flexibility index (Phi) is 4.19. The highest BCUT2D eigenvalue weighted by Crippen LogP contribution is 2.33. The average Bonchev–Trinajstić information content (AvgIpc) is 2.76. The summed E-state index contributed by atoms with van der Waals surface area (Å²) in [6.45, 7) is 8.47. The molecule has 2 atom stereocenters. The van der Waals surface area contributed by atoms with Crippen LogP contribution in [0.4, 0.5) is 0 Å². The second-order valence-corrected chi connectivity index (χ2v) is 7.81. The molecule has 3 nitrogen and oxygen atoms in total. The van der Waals surface area contributed by atoms with Gasteiger partial charge in [0.1, 0.15) is 0 Å². The molecule has 0 radical (unpaired) electrons. The summed E-state index contributed by atoms with van der Waals surface area (Å²) in [5.74, 6) is 1.88. The van der Waals surface area contributed by atoms with Crippen molar-refractivity contribution in [2.75, 3.05) is 26.2 Å². The number of hydrogen-bond acceptors (Lipinski definition) is 3. The van der Waals surface area contributed by atoms with Gasteiger partial charge in [-0.2, -0.15) is 0 Å². The van der Waals surface area contributed by atoms with Crippen molar-refractivity contribution >= 4 is 0 Å². The Balaban J connectivity index is 1.42. The number of nitrogens with zero attached hydrogens (tertiary/aromatic N) is 3. The fraction of sp³-hybridized carbons (Fsp3) is 0.737. The average molecular weight is 299 g/mol. The maximum absolute atomic E-state index is 4.61. The van der Waals surface area contributed by atoms with Crippen LogP contribution in [0.3, 0.4) is 0 Å². The van der Waals surface area contributed by atoms with Crippen molar-refractivity contribution in [3.8, 4) is 0 Å². The van der Waals surface area contributed by atoms with Gasteiger partial charge < -0.3 is 0 Å². The van der Waals surface area contributed by atoms with Crippen LogP contribution in [0.5, 0.6) is 0 Å². The van der Waals surface area contributed by atoms with E-state index in [9.17, 15) is 0 Å². The monoisotopic (exact) mass is 299 g/mol. The summed E-state index contributed by atoms with van der Waals surface area (Å²) in [4.78, 5) is 10.1. The topological polar surface area (TPSA) is 19.4 Å². The molecule has 1 saturated carbocycles. The standard InChI is InChI=1S/C19H29N3/c1-15-4-3-9-20-19(15)14-21-10-17-7-8-18(13-21)22(12-17)11-16-5-2-6-16/h3-4,9,16-18H,2,5-8,10-14H2,1H3/t17-,18+/m0/s1. The predicted octanol–water partition coefficient (Wildman–Crippen LogP) is 3.09. The van der Waals surface area contributed by atoms with E-state index in [1.165, 1.54) is 69.5 Å². The Labute approximate surface area is 134 Å².